The Hall–Kier alpha value is -1.36. The van der Waals surface area contributed by atoms with E-state index in [1.165, 1.54) is 0 Å². The molecule has 0 saturated carbocycles. The van der Waals surface area contributed by atoms with E-state index in [9.17, 15) is 4.79 Å². The number of hydrogen-bond donors (Lipinski definition) is 0. The second-order valence-electron chi connectivity index (χ2n) is 3.92. The summed E-state index contributed by atoms with van der Waals surface area (Å²) in [6.07, 6.45) is 5.18. The maximum atomic E-state index is 11.8. The van der Waals surface area contributed by atoms with Crippen molar-refractivity contribution in [2.45, 2.75) is 6.54 Å². The fourth-order valence-electron chi connectivity index (χ4n) is 1.69. The molecule has 1 saturated heterocycles. The third kappa shape index (κ3) is 2.56. The van der Waals surface area contributed by atoms with E-state index in [1.54, 1.807) is 17.1 Å². The van der Waals surface area contributed by atoms with E-state index in [2.05, 4.69) is 16.9 Å². The normalized spacial score (nSPS) is 18.1. The molecule has 0 spiro atoms. The Morgan fingerprint density at radius 1 is 1.33 bits per heavy atom. The summed E-state index contributed by atoms with van der Waals surface area (Å²) >= 11 is 0. The smallest absolute Gasteiger partial charge is 0.242 e. The molecule has 2 rings (SSSR count). The quantitative estimate of drug-likeness (QED) is 0.667. The predicted octanol–water partition coefficient (Wildman–Crippen LogP) is -0.343. The second kappa shape index (κ2) is 4.44. The molecule has 82 valence electrons. The Balaban J connectivity index is 1.86. The second-order valence-corrected chi connectivity index (χ2v) is 3.92. The van der Waals surface area contributed by atoms with Crippen LogP contribution in [0.1, 0.15) is 0 Å². The topological polar surface area (TPSA) is 41.4 Å². The molecular formula is C10H16N4O. The molecule has 5 nitrogen and oxygen atoms in total. The van der Waals surface area contributed by atoms with E-state index < -0.39 is 0 Å². The summed E-state index contributed by atoms with van der Waals surface area (Å²) in [5.41, 5.74) is 0. The Morgan fingerprint density at radius 2 is 2.07 bits per heavy atom. The number of nitrogens with zero attached hydrogens (tertiary/aromatic N) is 4. The minimum Gasteiger partial charge on any atom is -0.339 e. The molecule has 1 aliphatic rings. The van der Waals surface area contributed by atoms with Crippen LogP contribution in [0.15, 0.2) is 18.7 Å². The number of carbonyl (C=O) groups excluding carboxylic acids is 1. The van der Waals surface area contributed by atoms with Crippen LogP contribution in [0.2, 0.25) is 0 Å². The fourth-order valence-corrected chi connectivity index (χ4v) is 1.69. The largest absolute Gasteiger partial charge is 0.339 e. The lowest BCUT2D eigenvalue weighted by molar-refractivity contribution is -0.133. The van der Waals surface area contributed by atoms with E-state index in [1.807, 2.05) is 11.1 Å². The zero-order valence-corrected chi connectivity index (χ0v) is 8.96. The molecule has 1 aromatic rings. The van der Waals surface area contributed by atoms with Crippen LogP contribution in [0.5, 0.6) is 0 Å². The molecule has 0 aromatic carbocycles. The molecule has 1 amide bonds. The highest BCUT2D eigenvalue weighted by Crippen LogP contribution is 2.01. The van der Waals surface area contributed by atoms with Gasteiger partial charge in [0.05, 0.1) is 6.33 Å². The van der Waals surface area contributed by atoms with Crippen LogP contribution in [0.4, 0.5) is 0 Å². The highest BCUT2D eigenvalue weighted by atomic mass is 16.2. The van der Waals surface area contributed by atoms with E-state index >= 15 is 0 Å². The minimum atomic E-state index is 0.182. The molecule has 0 radical (unpaired) electrons. The first kappa shape index (κ1) is 10.2. The summed E-state index contributed by atoms with van der Waals surface area (Å²) in [5.74, 6) is 0.182. The van der Waals surface area contributed by atoms with Gasteiger partial charge in [-0.2, -0.15) is 0 Å². The SMILES string of the molecule is CN1CCN(C(=O)Cn2ccnc2)CC1. The molecule has 0 atom stereocenters. The lowest BCUT2D eigenvalue weighted by Crippen LogP contribution is -2.48. The van der Waals surface area contributed by atoms with Gasteiger partial charge in [-0.15, -0.1) is 0 Å². The van der Waals surface area contributed by atoms with E-state index in [4.69, 9.17) is 0 Å². The molecule has 2 heterocycles. The average Bonchev–Trinajstić information content (AvgIpc) is 2.71. The van der Waals surface area contributed by atoms with Crippen molar-refractivity contribution in [1.29, 1.82) is 0 Å². The van der Waals surface area contributed by atoms with Gasteiger partial charge in [-0.1, -0.05) is 0 Å². The zero-order valence-electron chi connectivity index (χ0n) is 8.96. The van der Waals surface area contributed by atoms with Crippen molar-refractivity contribution >= 4 is 5.91 Å². The summed E-state index contributed by atoms with van der Waals surface area (Å²) in [4.78, 5) is 19.9. The monoisotopic (exact) mass is 208 g/mol. The van der Waals surface area contributed by atoms with Crippen molar-refractivity contribution in [1.82, 2.24) is 19.4 Å². The van der Waals surface area contributed by atoms with Crippen LogP contribution in [-0.2, 0) is 11.3 Å². The maximum Gasteiger partial charge on any atom is 0.242 e. The van der Waals surface area contributed by atoms with Gasteiger partial charge in [0.25, 0.3) is 0 Å². The van der Waals surface area contributed by atoms with Gasteiger partial charge in [0.2, 0.25) is 5.91 Å². The first-order valence-electron chi connectivity index (χ1n) is 5.18. The lowest BCUT2D eigenvalue weighted by atomic mass is 10.3. The molecule has 0 bridgehead atoms. The molecule has 0 aliphatic carbocycles. The predicted molar refractivity (Wildman–Crippen MR) is 56.3 cm³/mol. The summed E-state index contributed by atoms with van der Waals surface area (Å²) in [6, 6.07) is 0. The minimum absolute atomic E-state index is 0.182. The van der Waals surface area contributed by atoms with Crippen molar-refractivity contribution < 1.29 is 4.79 Å². The summed E-state index contributed by atoms with van der Waals surface area (Å²) in [6.45, 7) is 4.02. The van der Waals surface area contributed by atoms with Crippen LogP contribution in [-0.4, -0.2) is 58.5 Å². The van der Waals surface area contributed by atoms with Gasteiger partial charge in [0.15, 0.2) is 0 Å². The van der Waals surface area contributed by atoms with Gasteiger partial charge in [-0.25, -0.2) is 4.98 Å². The molecule has 1 aliphatic heterocycles. The molecule has 0 unspecified atom stereocenters. The van der Waals surface area contributed by atoms with Crippen molar-refractivity contribution in [3.63, 3.8) is 0 Å². The number of amides is 1. The maximum absolute atomic E-state index is 11.8. The summed E-state index contributed by atoms with van der Waals surface area (Å²) < 4.78 is 1.81. The van der Waals surface area contributed by atoms with Crippen molar-refractivity contribution in [2.24, 2.45) is 0 Å². The number of carbonyl (C=O) groups is 1. The van der Waals surface area contributed by atoms with Crippen LogP contribution >= 0.6 is 0 Å². The van der Waals surface area contributed by atoms with Gasteiger partial charge in [-0.3, -0.25) is 4.79 Å². The number of hydrogen-bond acceptors (Lipinski definition) is 3. The van der Waals surface area contributed by atoms with Crippen LogP contribution in [0.25, 0.3) is 0 Å². The molecule has 15 heavy (non-hydrogen) atoms. The number of rotatable bonds is 2. The average molecular weight is 208 g/mol. The highest BCUT2D eigenvalue weighted by molar-refractivity contribution is 5.76. The van der Waals surface area contributed by atoms with Gasteiger partial charge in [-0.05, 0) is 7.05 Å². The van der Waals surface area contributed by atoms with E-state index in [-0.39, 0.29) is 5.91 Å². The molecule has 5 heteroatoms. The fraction of sp³-hybridized carbons (Fsp3) is 0.600. The van der Waals surface area contributed by atoms with E-state index in [0.717, 1.165) is 26.2 Å². The summed E-state index contributed by atoms with van der Waals surface area (Å²) in [5, 5.41) is 0. The highest BCUT2D eigenvalue weighted by Gasteiger charge is 2.18. The molecule has 1 aromatic heterocycles. The number of likely N-dealkylation sites (N-methyl/N-ethyl adjacent to an activating group) is 1. The molecule has 0 N–H and O–H groups in total. The van der Waals surface area contributed by atoms with Gasteiger partial charge < -0.3 is 14.4 Å². The van der Waals surface area contributed by atoms with Crippen LogP contribution in [0.3, 0.4) is 0 Å². The molecule has 1 fully saturated rings. The van der Waals surface area contributed by atoms with Gasteiger partial charge in [0, 0.05) is 38.6 Å². The lowest BCUT2D eigenvalue weighted by Gasteiger charge is -2.32. The number of piperazine rings is 1. The van der Waals surface area contributed by atoms with Gasteiger partial charge in [0.1, 0.15) is 6.54 Å². The Kier molecular flexibility index (Phi) is 3.01. The van der Waals surface area contributed by atoms with Crippen LogP contribution in [0, 0.1) is 0 Å². The van der Waals surface area contributed by atoms with E-state index in [0.29, 0.717) is 6.54 Å². The van der Waals surface area contributed by atoms with Crippen LogP contribution < -0.4 is 0 Å². The zero-order chi connectivity index (χ0) is 10.7. The first-order chi connectivity index (χ1) is 7.25. The molecular weight excluding hydrogens is 192 g/mol. The van der Waals surface area contributed by atoms with Crippen molar-refractivity contribution in [3.8, 4) is 0 Å². The summed E-state index contributed by atoms with van der Waals surface area (Å²) in [7, 11) is 2.08. The number of imidazole rings is 1. The third-order valence-corrected chi connectivity index (χ3v) is 2.73. The third-order valence-electron chi connectivity index (χ3n) is 2.73. The van der Waals surface area contributed by atoms with Crippen molar-refractivity contribution in [2.75, 3.05) is 33.2 Å². The Labute approximate surface area is 89.3 Å². The number of aromatic nitrogens is 2. The van der Waals surface area contributed by atoms with Gasteiger partial charge >= 0.3 is 0 Å². The Bertz CT molecular complexity index is 314. The van der Waals surface area contributed by atoms with Crippen molar-refractivity contribution in [3.05, 3.63) is 18.7 Å². The Morgan fingerprint density at radius 3 is 2.67 bits per heavy atom. The standard InChI is InChI=1S/C10H16N4O/c1-12-4-6-14(7-5-12)10(15)8-13-3-2-11-9-13/h2-3,9H,4-8H2,1H3. The first-order valence-corrected chi connectivity index (χ1v) is 5.18.